The average Bonchev–Trinajstić information content (AvgIpc) is 3.06. The molecule has 4 rings (SSSR count). The van der Waals surface area contributed by atoms with Crippen molar-refractivity contribution in [2.75, 3.05) is 19.6 Å². The van der Waals surface area contributed by atoms with Gasteiger partial charge in [0.1, 0.15) is 17.1 Å². The number of likely N-dealkylation sites (tertiary alicyclic amines) is 1. The molecule has 2 aliphatic rings. The predicted molar refractivity (Wildman–Crippen MR) is 119 cm³/mol. The summed E-state index contributed by atoms with van der Waals surface area (Å²) in [5.74, 6) is -0.497. The van der Waals surface area contributed by atoms with Gasteiger partial charge in [-0.3, -0.25) is 14.3 Å². The molecule has 10 heteroatoms. The normalized spacial score (nSPS) is 17.0. The first-order chi connectivity index (χ1) is 14.9. The van der Waals surface area contributed by atoms with Crippen molar-refractivity contribution >= 4 is 23.9 Å². The molecule has 8 nitrogen and oxygen atoms in total. The molecule has 0 saturated carbocycles. The molecule has 0 unspecified atom stereocenters. The van der Waals surface area contributed by atoms with Crippen molar-refractivity contribution < 1.29 is 14.0 Å². The molecule has 3 N–H and O–H groups in total. The maximum Gasteiger partial charge on any atom is 0.252 e. The van der Waals surface area contributed by atoms with Gasteiger partial charge in [0, 0.05) is 30.7 Å². The Kier molecular flexibility index (Phi) is 5.20. The number of hydrogen-bond donors (Lipinski definition) is 2. The molecule has 2 amide bonds. The fourth-order valence-corrected chi connectivity index (χ4v) is 4.66. The molecule has 0 bridgehead atoms. The second-order valence-electron chi connectivity index (χ2n) is 9.49. The number of amides is 2. The Morgan fingerprint density at radius 3 is 2.59 bits per heavy atom. The number of nitrogens with one attached hydrogen (secondary N) is 1. The first-order valence-electron chi connectivity index (χ1n) is 10.2. The van der Waals surface area contributed by atoms with Crippen LogP contribution in [0.4, 0.5) is 4.39 Å². The number of rotatable bonds is 5. The molecule has 32 heavy (non-hydrogen) atoms. The number of nitrogens with two attached hydrogens (primary N) is 1. The number of hydrogen-bond acceptors (Lipinski definition) is 5. The molecular formula is C22H26ClFN6O2. The summed E-state index contributed by atoms with van der Waals surface area (Å²) in [6, 6.07) is 4.18. The predicted octanol–water partition coefficient (Wildman–Crippen LogP) is 2.28. The lowest BCUT2D eigenvalue weighted by Gasteiger charge is -2.54. The lowest BCUT2D eigenvalue weighted by molar-refractivity contribution is -0.131. The number of nitrogens with zero attached hydrogens (tertiary/aromatic N) is 4. The van der Waals surface area contributed by atoms with Crippen molar-refractivity contribution in [3.05, 3.63) is 52.7 Å². The van der Waals surface area contributed by atoms with Crippen LogP contribution in [0.25, 0.3) is 11.3 Å². The highest BCUT2D eigenvalue weighted by Gasteiger charge is 2.51. The van der Waals surface area contributed by atoms with Crippen LogP contribution < -0.4 is 11.1 Å². The third kappa shape index (κ3) is 3.70. The number of fused-ring (bicyclic) bond motifs is 2. The summed E-state index contributed by atoms with van der Waals surface area (Å²) in [6.07, 6.45) is 0.797. The van der Waals surface area contributed by atoms with E-state index in [2.05, 4.69) is 11.9 Å². The van der Waals surface area contributed by atoms with Crippen LogP contribution in [0.15, 0.2) is 30.6 Å². The second-order valence-corrected chi connectivity index (χ2v) is 9.89. The number of carbonyl (C=O) groups is 2. The maximum atomic E-state index is 13.7. The summed E-state index contributed by atoms with van der Waals surface area (Å²) in [7, 11) is 0. The van der Waals surface area contributed by atoms with Gasteiger partial charge in [-0.15, -0.1) is 0 Å². The van der Waals surface area contributed by atoms with E-state index in [1.54, 1.807) is 9.58 Å². The van der Waals surface area contributed by atoms with E-state index in [1.165, 1.54) is 18.2 Å². The fourth-order valence-electron chi connectivity index (χ4n) is 4.48. The third-order valence-electron chi connectivity index (χ3n) is 5.74. The molecule has 170 valence electrons. The Morgan fingerprint density at radius 2 is 2.03 bits per heavy atom. The Bertz CT molecular complexity index is 1120. The number of aromatic nitrogens is 2. The smallest absolute Gasteiger partial charge is 0.252 e. The monoisotopic (exact) mass is 460 g/mol. The van der Waals surface area contributed by atoms with Crippen LogP contribution in [-0.2, 0) is 16.9 Å². The highest BCUT2D eigenvalue weighted by Crippen LogP contribution is 2.40. The van der Waals surface area contributed by atoms with Crippen LogP contribution in [0.1, 0.15) is 36.8 Å². The summed E-state index contributed by atoms with van der Waals surface area (Å²) in [5.41, 5.74) is 6.76. The van der Waals surface area contributed by atoms with Crippen molar-refractivity contribution in [2.24, 2.45) is 5.73 Å². The van der Waals surface area contributed by atoms with E-state index < -0.39 is 17.3 Å². The van der Waals surface area contributed by atoms with Gasteiger partial charge in [-0.1, -0.05) is 18.2 Å². The van der Waals surface area contributed by atoms with E-state index in [0.717, 1.165) is 6.41 Å². The van der Waals surface area contributed by atoms with Crippen molar-refractivity contribution in [2.45, 2.75) is 38.4 Å². The molecule has 0 radical (unpaired) electrons. The van der Waals surface area contributed by atoms with Crippen molar-refractivity contribution in [1.29, 1.82) is 0 Å². The molecule has 2 aromatic rings. The Balaban J connectivity index is 1.84. The molecule has 2 aliphatic heterocycles. The minimum Gasteiger partial charge on any atom is -0.368 e. The quantitative estimate of drug-likeness (QED) is 0.667. The Morgan fingerprint density at radius 1 is 1.34 bits per heavy atom. The molecule has 1 fully saturated rings. The maximum absolute atomic E-state index is 13.7. The highest BCUT2D eigenvalue weighted by atomic mass is 35.5. The van der Waals surface area contributed by atoms with Gasteiger partial charge in [0.2, 0.25) is 6.41 Å². The number of halogens is 2. The molecule has 1 aromatic heterocycles. The van der Waals surface area contributed by atoms with Gasteiger partial charge in [0.25, 0.3) is 5.91 Å². The van der Waals surface area contributed by atoms with Gasteiger partial charge in [-0.25, -0.2) is 4.39 Å². The van der Waals surface area contributed by atoms with Crippen molar-refractivity contribution in [3.63, 3.8) is 0 Å². The van der Waals surface area contributed by atoms with Gasteiger partial charge >= 0.3 is 0 Å². The molecule has 1 aromatic carbocycles. The summed E-state index contributed by atoms with van der Waals surface area (Å²) < 4.78 is 15.5. The van der Waals surface area contributed by atoms with Crippen molar-refractivity contribution in [3.8, 4) is 11.3 Å². The van der Waals surface area contributed by atoms with E-state index in [-0.39, 0.29) is 16.1 Å². The van der Waals surface area contributed by atoms with Gasteiger partial charge in [0.15, 0.2) is 0 Å². The molecule has 0 aliphatic carbocycles. The zero-order chi connectivity index (χ0) is 23.4. The largest absolute Gasteiger partial charge is 0.368 e. The zero-order valence-corrected chi connectivity index (χ0v) is 19.0. The Hall–Kier alpha value is -3.07. The van der Waals surface area contributed by atoms with E-state index in [0.29, 0.717) is 49.0 Å². The van der Waals surface area contributed by atoms with Crippen molar-refractivity contribution in [1.82, 2.24) is 24.9 Å². The van der Waals surface area contributed by atoms with E-state index in [4.69, 9.17) is 22.4 Å². The molecule has 0 atom stereocenters. The summed E-state index contributed by atoms with van der Waals surface area (Å²) in [4.78, 5) is 27.6. The van der Waals surface area contributed by atoms with Crippen LogP contribution in [0.5, 0.6) is 0 Å². The van der Waals surface area contributed by atoms with Crippen LogP contribution in [0.2, 0.25) is 5.02 Å². The molecular weight excluding hydrogens is 435 g/mol. The lowest BCUT2D eigenvalue weighted by atomic mass is 9.87. The topological polar surface area (TPSA) is 96.5 Å². The number of carbonyl (C=O) groups excluding carboxylic acids is 2. The fraction of sp³-hybridized carbons (Fsp3) is 0.409. The standard InChI is InChI=1S/C22H26ClFN6O2/c1-13(26-21(2,3)4)29-8-17-18(20(25)32)19(14-5-6-16(24)15(23)7-14)27-30(17)22(11-29)9-28(10-22)12-31/h5-7,12,26H,1,8-11H2,2-4H3,(H2,25,32). The van der Waals surface area contributed by atoms with Gasteiger partial charge < -0.3 is 20.9 Å². The summed E-state index contributed by atoms with van der Waals surface area (Å²) in [5, 5.41) is 8.05. The average molecular weight is 461 g/mol. The summed E-state index contributed by atoms with van der Waals surface area (Å²) in [6.45, 7) is 12.1. The molecule has 1 spiro atoms. The van der Waals surface area contributed by atoms with Crippen LogP contribution in [0, 0.1) is 5.82 Å². The number of primary amides is 1. The second kappa shape index (κ2) is 7.51. The van der Waals surface area contributed by atoms with Gasteiger partial charge in [0.05, 0.1) is 28.6 Å². The van der Waals surface area contributed by atoms with E-state index in [1.807, 2.05) is 25.7 Å². The SMILES string of the molecule is C=C(NC(C)(C)C)N1Cc2c(C(N)=O)c(-c3ccc(F)c(Cl)c3)nn2C2(CN(C=O)C2)C1. The van der Waals surface area contributed by atoms with E-state index in [9.17, 15) is 14.0 Å². The zero-order valence-electron chi connectivity index (χ0n) is 18.3. The lowest BCUT2D eigenvalue weighted by Crippen LogP contribution is -2.69. The Labute approximate surface area is 190 Å². The first kappa shape index (κ1) is 22.1. The van der Waals surface area contributed by atoms with Crippen LogP contribution >= 0.6 is 11.6 Å². The summed E-state index contributed by atoms with van der Waals surface area (Å²) >= 11 is 5.98. The van der Waals surface area contributed by atoms with Gasteiger partial charge in [-0.2, -0.15) is 5.10 Å². The van der Waals surface area contributed by atoms with E-state index >= 15 is 0 Å². The van der Waals surface area contributed by atoms with Gasteiger partial charge in [-0.05, 0) is 39.0 Å². The minimum atomic E-state index is -0.639. The molecule has 3 heterocycles. The highest BCUT2D eigenvalue weighted by molar-refractivity contribution is 6.31. The minimum absolute atomic E-state index is 0.0706. The van der Waals surface area contributed by atoms with Crippen LogP contribution in [0.3, 0.4) is 0 Å². The third-order valence-corrected chi connectivity index (χ3v) is 6.03. The number of benzene rings is 1. The first-order valence-corrected chi connectivity index (χ1v) is 10.6. The molecule has 1 saturated heterocycles. The van der Waals surface area contributed by atoms with Crippen LogP contribution in [-0.4, -0.2) is 57.1 Å².